The lowest BCUT2D eigenvalue weighted by Crippen LogP contribution is -2.31. The van der Waals surface area contributed by atoms with E-state index in [1.165, 1.54) is 31.3 Å². The van der Waals surface area contributed by atoms with Gasteiger partial charge in [0.2, 0.25) is 6.19 Å². The summed E-state index contributed by atoms with van der Waals surface area (Å²) in [7, 11) is -3.21. The molecule has 1 unspecified atom stereocenters. The second-order valence-corrected chi connectivity index (χ2v) is 8.81. The molecule has 1 aliphatic rings. The van der Waals surface area contributed by atoms with Crippen LogP contribution in [-0.4, -0.2) is 33.4 Å². The number of alkyl halides is 2. The highest BCUT2D eigenvalue weighted by molar-refractivity contribution is 7.93. The molecule has 0 aliphatic heterocycles. The van der Waals surface area contributed by atoms with Gasteiger partial charge in [0.25, 0.3) is 5.92 Å². The molecule has 0 fully saturated rings. The number of nitrogens with zero attached hydrogens (tertiary/aromatic N) is 3. The Hall–Kier alpha value is -3.08. The maximum atomic E-state index is 14.2. The van der Waals surface area contributed by atoms with Crippen LogP contribution in [0, 0.1) is 22.8 Å². The second kappa shape index (κ2) is 10.1. The van der Waals surface area contributed by atoms with E-state index in [2.05, 4.69) is 17.5 Å². The van der Waals surface area contributed by atoms with Crippen LogP contribution in [0.3, 0.4) is 0 Å². The van der Waals surface area contributed by atoms with Crippen molar-refractivity contribution < 1.29 is 27.2 Å². The Labute approximate surface area is 173 Å². The molecule has 1 rings (SSSR count). The molecule has 0 aromatic rings. The third-order valence-electron chi connectivity index (χ3n) is 3.83. The van der Waals surface area contributed by atoms with Crippen LogP contribution in [0.15, 0.2) is 75.9 Å². The van der Waals surface area contributed by atoms with Gasteiger partial charge in [0.1, 0.15) is 23.4 Å². The van der Waals surface area contributed by atoms with E-state index < -0.39 is 39.8 Å². The molecule has 0 bridgehead atoms. The maximum Gasteiger partial charge on any atom is 0.281 e. The number of allylic oxidation sites excluding steroid dienone is 8. The van der Waals surface area contributed by atoms with E-state index in [0.717, 1.165) is 12.3 Å². The Bertz CT molecular complexity index is 1060. The minimum atomic E-state index is -3.56. The quantitative estimate of drug-likeness (QED) is 0.264. The van der Waals surface area contributed by atoms with Gasteiger partial charge < -0.3 is 9.84 Å². The molecule has 0 radical (unpaired) electrons. The number of aliphatic hydroxyl groups is 1. The highest BCUT2D eigenvalue weighted by Gasteiger charge is 2.49. The molecule has 0 aromatic carbocycles. The molecule has 10 heteroatoms. The van der Waals surface area contributed by atoms with Crippen LogP contribution >= 0.6 is 0 Å². The minimum Gasteiger partial charge on any atom is -0.462 e. The number of halogens is 3. The molecular weight excluding hydrogens is 419 g/mol. The van der Waals surface area contributed by atoms with Crippen LogP contribution in [0.5, 0.6) is 0 Å². The zero-order valence-corrected chi connectivity index (χ0v) is 17.2. The molecule has 0 aromatic heterocycles. The first-order valence-corrected chi connectivity index (χ1v) is 10.5. The summed E-state index contributed by atoms with van der Waals surface area (Å²) in [4.78, 5) is 0. The first kappa shape index (κ1) is 25.0. The lowest BCUT2D eigenvalue weighted by molar-refractivity contribution is -0.0783. The van der Waals surface area contributed by atoms with E-state index in [0.29, 0.717) is 0 Å². The molecule has 6 nitrogen and oxygen atoms in total. The fourth-order valence-electron chi connectivity index (χ4n) is 2.68. The summed E-state index contributed by atoms with van der Waals surface area (Å²) in [6, 6.07) is 1.72. The Morgan fingerprint density at radius 1 is 1.47 bits per heavy atom. The highest BCUT2D eigenvalue weighted by atomic mass is 32.2. The van der Waals surface area contributed by atoms with Gasteiger partial charge in [-0.2, -0.15) is 10.5 Å². The van der Waals surface area contributed by atoms with E-state index in [4.69, 9.17) is 15.3 Å². The first-order chi connectivity index (χ1) is 13.9. The monoisotopic (exact) mass is 439 g/mol. The fourth-order valence-corrected chi connectivity index (χ4v) is 3.83. The molecule has 0 saturated carbocycles. The third-order valence-corrected chi connectivity index (χ3v) is 5.14. The van der Waals surface area contributed by atoms with Crippen molar-refractivity contribution >= 4 is 9.73 Å². The number of hydrogen-bond acceptors (Lipinski definition) is 6. The van der Waals surface area contributed by atoms with Gasteiger partial charge in [-0.1, -0.05) is 19.2 Å². The number of hydrogen-bond donors (Lipinski definition) is 1. The van der Waals surface area contributed by atoms with E-state index in [1.807, 2.05) is 0 Å². The van der Waals surface area contributed by atoms with Crippen molar-refractivity contribution in [3.05, 3.63) is 71.5 Å². The minimum absolute atomic E-state index is 0.0488. The van der Waals surface area contributed by atoms with Crippen molar-refractivity contribution in [3.63, 3.8) is 0 Å². The van der Waals surface area contributed by atoms with Gasteiger partial charge >= 0.3 is 0 Å². The van der Waals surface area contributed by atoms with Gasteiger partial charge in [-0.05, 0) is 30.7 Å². The summed E-state index contributed by atoms with van der Waals surface area (Å²) in [5.41, 5.74) is -0.533. The topological polar surface area (TPSA) is 106 Å². The Morgan fingerprint density at radius 2 is 2.10 bits per heavy atom. The van der Waals surface area contributed by atoms with Gasteiger partial charge in [-0.3, -0.25) is 0 Å². The van der Waals surface area contributed by atoms with E-state index in [1.54, 1.807) is 6.07 Å². The third kappa shape index (κ3) is 6.76. The largest absolute Gasteiger partial charge is 0.462 e. The van der Waals surface area contributed by atoms with Gasteiger partial charge in [-0.25, -0.2) is 17.4 Å². The van der Waals surface area contributed by atoms with Crippen molar-refractivity contribution in [1.82, 2.24) is 0 Å². The summed E-state index contributed by atoms with van der Waals surface area (Å²) in [5.74, 6) is -5.07. The van der Waals surface area contributed by atoms with Crippen LogP contribution in [-0.2, 0) is 14.5 Å². The van der Waals surface area contributed by atoms with Crippen molar-refractivity contribution in [2.75, 3.05) is 12.0 Å². The standard InChI is InChI=1S/C20H20F3N3O3S/c1-5-6-18(29-14(3)8-15(10-24)7-13(2)21)16-9-20(22,23)19(27)17(16)11-30(4,28)26-12-25/h5-8,19,27H,1-2,9,11H2,3-4H3/b14-8+,15-7+,18-6+/t19-,30?/m0/s1. The summed E-state index contributed by atoms with van der Waals surface area (Å²) in [5, 5.41) is 27.7. The van der Waals surface area contributed by atoms with Crippen LogP contribution < -0.4 is 0 Å². The van der Waals surface area contributed by atoms with Crippen molar-refractivity contribution in [1.29, 1.82) is 10.5 Å². The zero-order chi connectivity index (χ0) is 23.1. The lowest BCUT2D eigenvalue weighted by Gasteiger charge is -2.16. The molecule has 2 atom stereocenters. The number of rotatable bonds is 8. The van der Waals surface area contributed by atoms with Crippen LogP contribution in [0.25, 0.3) is 0 Å². The Kier molecular flexibility index (Phi) is 8.40. The smallest absolute Gasteiger partial charge is 0.281 e. The van der Waals surface area contributed by atoms with Crippen LogP contribution in [0.2, 0.25) is 0 Å². The molecule has 0 saturated heterocycles. The zero-order valence-electron chi connectivity index (χ0n) is 16.4. The van der Waals surface area contributed by atoms with Crippen molar-refractivity contribution in [3.8, 4) is 12.3 Å². The molecule has 30 heavy (non-hydrogen) atoms. The Balaban J connectivity index is 3.48. The Morgan fingerprint density at radius 3 is 2.60 bits per heavy atom. The fraction of sp³-hybridized carbons (Fsp3) is 0.300. The lowest BCUT2D eigenvalue weighted by atomic mass is 10.1. The molecule has 1 N–H and O–H groups in total. The average molecular weight is 439 g/mol. The molecule has 0 amide bonds. The van der Waals surface area contributed by atoms with Gasteiger partial charge in [-0.15, -0.1) is 4.36 Å². The van der Waals surface area contributed by atoms with Gasteiger partial charge in [0.15, 0.2) is 0 Å². The van der Waals surface area contributed by atoms with Crippen molar-refractivity contribution in [2.45, 2.75) is 25.4 Å². The van der Waals surface area contributed by atoms with Crippen molar-refractivity contribution in [2.24, 2.45) is 4.36 Å². The summed E-state index contributed by atoms with van der Waals surface area (Å²) in [6.07, 6.45) is 3.86. The first-order valence-electron chi connectivity index (χ1n) is 8.38. The number of nitriles is 2. The van der Waals surface area contributed by atoms with E-state index >= 15 is 0 Å². The summed E-state index contributed by atoms with van der Waals surface area (Å²) >= 11 is 0. The van der Waals surface area contributed by atoms with E-state index in [9.17, 15) is 22.5 Å². The maximum absolute atomic E-state index is 14.2. The summed E-state index contributed by atoms with van der Waals surface area (Å²) < 4.78 is 62.6. The predicted molar refractivity (Wildman–Crippen MR) is 107 cm³/mol. The molecular formula is C20H20F3N3O3S. The van der Waals surface area contributed by atoms with E-state index in [-0.39, 0.29) is 28.2 Å². The summed E-state index contributed by atoms with van der Waals surface area (Å²) in [6.45, 7) is 7.91. The van der Waals surface area contributed by atoms with Crippen LogP contribution in [0.4, 0.5) is 13.2 Å². The predicted octanol–water partition coefficient (Wildman–Crippen LogP) is 4.19. The molecule has 0 heterocycles. The molecule has 1 aliphatic carbocycles. The van der Waals surface area contributed by atoms with Gasteiger partial charge in [0.05, 0.1) is 27.1 Å². The molecule has 0 spiro atoms. The SMILES string of the molecule is C=C/C=C(/O/C(C)=C/C(C#N)=C\C(=C)F)C1=C(CS(C)(=O)=NC#N)[C@H](O)C(F)(F)C1. The number of ether oxygens (including phenoxy) is 1. The van der Waals surface area contributed by atoms with Crippen LogP contribution in [0.1, 0.15) is 13.3 Å². The molecule has 160 valence electrons. The number of aliphatic hydroxyl groups excluding tert-OH is 1. The van der Waals surface area contributed by atoms with Gasteiger partial charge in [0, 0.05) is 18.2 Å². The highest BCUT2D eigenvalue weighted by Crippen LogP contribution is 2.43. The average Bonchev–Trinajstić information content (AvgIpc) is 2.83. The normalized spacial score (nSPS) is 21.3. The second-order valence-electron chi connectivity index (χ2n) is 6.42.